The number of hydrogen-bond donors (Lipinski definition) is 4. The van der Waals surface area contributed by atoms with Gasteiger partial charge >= 0.3 is 0 Å². The Morgan fingerprint density at radius 3 is 1.42 bits per heavy atom. The van der Waals surface area contributed by atoms with Crippen molar-refractivity contribution in [2.45, 2.75) is 50.2 Å². The maximum Gasteiger partial charge on any atom is 0.255 e. The van der Waals surface area contributed by atoms with Crippen LogP contribution in [0.5, 0.6) is 11.5 Å². The first-order valence-electron chi connectivity index (χ1n) is 16.5. The van der Waals surface area contributed by atoms with E-state index in [-0.39, 0.29) is 36.1 Å². The van der Waals surface area contributed by atoms with Crippen LogP contribution in [0.15, 0.2) is 48.5 Å². The van der Waals surface area contributed by atoms with Gasteiger partial charge in [0.1, 0.15) is 11.5 Å². The molecule has 50 heavy (non-hydrogen) atoms. The molecule has 14 heteroatoms. The van der Waals surface area contributed by atoms with Gasteiger partial charge in [-0.3, -0.25) is 19.4 Å². The summed E-state index contributed by atoms with van der Waals surface area (Å²) in [4.78, 5) is 31.0. The summed E-state index contributed by atoms with van der Waals surface area (Å²) in [5.74, 6) is 0.173. The largest absolute Gasteiger partial charge is 0.496 e. The molecule has 0 radical (unpaired) electrons. The standard InChI is InChI=1S/C36H46Cl2N6O6/c1-47-31-15-27(39)25(37)13-23(31)35(45)41-29-9-11-43(19-33(29)49-3)17-21-5-7-22(8-6-21)18-44-12-10-30(34(20-44)50-4)42-36(46)24-14-26(38)28(40)16-32(24)48-2/h5-8,13-16,29-30,33-34H,9-12,17-20,39-40H2,1-4H3,(H,41,45)(H,42,46)/t29-,30-,33+,34+/m0/s1. The topological polar surface area (TPSA) is 154 Å². The van der Waals surface area contributed by atoms with Crippen LogP contribution in [0.4, 0.5) is 11.4 Å². The number of hydrogen-bond acceptors (Lipinski definition) is 10. The Balaban J connectivity index is 1.11. The van der Waals surface area contributed by atoms with Crippen molar-refractivity contribution in [3.05, 3.63) is 80.8 Å². The number of anilines is 2. The molecule has 2 fully saturated rings. The SMILES string of the molecule is COc1cc(N)c(Cl)cc1C(=O)N[C@H]1CCN(Cc2ccc(CN3CC[C@H](NC(=O)c4cc(Cl)c(N)cc4OC)[C@H](OC)C3)cc2)C[C@H]1OC. The van der Waals surface area contributed by atoms with Crippen LogP contribution in [-0.4, -0.2) is 101 Å². The quantitative estimate of drug-likeness (QED) is 0.200. The van der Waals surface area contributed by atoms with Crippen molar-refractivity contribution in [2.75, 3.05) is 66.1 Å². The molecule has 3 aromatic carbocycles. The molecule has 0 bridgehead atoms. The summed E-state index contributed by atoms with van der Waals surface area (Å²) in [5.41, 5.74) is 15.5. The molecule has 3 aromatic rings. The fraction of sp³-hybridized carbons (Fsp3) is 0.444. The number of amides is 2. The molecule has 2 saturated heterocycles. The van der Waals surface area contributed by atoms with Crippen LogP contribution in [0.25, 0.3) is 0 Å². The molecule has 2 amide bonds. The molecule has 0 aliphatic carbocycles. The Morgan fingerprint density at radius 2 is 1.08 bits per heavy atom. The summed E-state index contributed by atoms with van der Waals surface area (Å²) in [5, 5.41) is 6.81. The van der Waals surface area contributed by atoms with Crippen LogP contribution >= 0.6 is 23.2 Å². The highest BCUT2D eigenvalue weighted by Gasteiger charge is 2.33. The van der Waals surface area contributed by atoms with Gasteiger partial charge in [-0.1, -0.05) is 47.5 Å². The van der Waals surface area contributed by atoms with Gasteiger partial charge in [-0.05, 0) is 36.1 Å². The van der Waals surface area contributed by atoms with Crippen molar-refractivity contribution < 1.29 is 28.5 Å². The summed E-state index contributed by atoms with van der Waals surface area (Å²) in [7, 11) is 6.32. The number of piperidine rings is 2. The number of carbonyl (C=O) groups is 2. The third-order valence-electron chi connectivity index (χ3n) is 9.49. The van der Waals surface area contributed by atoms with E-state index in [1.165, 1.54) is 37.5 Å². The summed E-state index contributed by atoms with van der Waals surface area (Å²) < 4.78 is 22.3. The number of rotatable bonds is 12. The van der Waals surface area contributed by atoms with Gasteiger partial charge in [0.15, 0.2) is 0 Å². The summed E-state index contributed by atoms with van der Waals surface area (Å²) in [6.45, 7) is 4.48. The van der Waals surface area contributed by atoms with Crippen LogP contribution in [0, 0.1) is 0 Å². The number of nitrogens with one attached hydrogen (secondary N) is 2. The Labute approximate surface area is 303 Å². The number of carbonyl (C=O) groups excluding carboxylic acids is 2. The van der Waals surface area contributed by atoms with Crippen molar-refractivity contribution in [3.8, 4) is 11.5 Å². The first-order chi connectivity index (χ1) is 24.0. The summed E-state index contributed by atoms with van der Waals surface area (Å²) in [6.07, 6.45) is 1.09. The lowest BCUT2D eigenvalue weighted by Crippen LogP contribution is -2.54. The number of nitrogens with zero attached hydrogens (tertiary/aromatic N) is 2. The molecule has 2 heterocycles. The van der Waals surface area contributed by atoms with Crippen molar-refractivity contribution in [1.29, 1.82) is 0 Å². The van der Waals surface area contributed by atoms with E-state index in [1.54, 1.807) is 26.4 Å². The number of nitrogen functional groups attached to an aromatic ring is 2. The molecule has 0 spiro atoms. The fourth-order valence-electron chi connectivity index (χ4n) is 6.65. The second-order valence-corrected chi connectivity index (χ2v) is 13.5. The smallest absolute Gasteiger partial charge is 0.255 e. The third-order valence-corrected chi connectivity index (χ3v) is 10.1. The zero-order valence-electron chi connectivity index (χ0n) is 28.8. The molecule has 12 nitrogen and oxygen atoms in total. The number of nitrogens with two attached hydrogens (primary N) is 2. The number of halogens is 2. The predicted molar refractivity (Wildman–Crippen MR) is 195 cm³/mol. The molecule has 0 saturated carbocycles. The minimum Gasteiger partial charge on any atom is -0.496 e. The second-order valence-electron chi connectivity index (χ2n) is 12.7. The van der Waals surface area contributed by atoms with Gasteiger partial charge in [0, 0.05) is 65.6 Å². The van der Waals surface area contributed by atoms with E-state index in [2.05, 4.69) is 44.7 Å². The van der Waals surface area contributed by atoms with Gasteiger partial charge in [0.05, 0.1) is 71.1 Å². The van der Waals surface area contributed by atoms with E-state index in [9.17, 15) is 9.59 Å². The van der Waals surface area contributed by atoms with Crippen molar-refractivity contribution in [2.24, 2.45) is 0 Å². The minimum atomic E-state index is -0.283. The fourth-order valence-corrected chi connectivity index (χ4v) is 6.97. The Bertz CT molecular complexity index is 1540. The highest BCUT2D eigenvalue weighted by atomic mass is 35.5. The van der Waals surface area contributed by atoms with E-state index >= 15 is 0 Å². The molecular formula is C36H46Cl2N6O6. The molecule has 270 valence electrons. The van der Waals surface area contributed by atoms with E-state index in [0.29, 0.717) is 57.1 Å². The van der Waals surface area contributed by atoms with Gasteiger partial charge in [-0.2, -0.15) is 0 Å². The van der Waals surface area contributed by atoms with Crippen molar-refractivity contribution in [1.82, 2.24) is 20.4 Å². The molecule has 2 aliphatic rings. The van der Waals surface area contributed by atoms with E-state index < -0.39 is 0 Å². The van der Waals surface area contributed by atoms with Crippen molar-refractivity contribution >= 4 is 46.4 Å². The third kappa shape index (κ3) is 8.92. The molecule has 0 aromatic heterocycles. The lowest BCUT2D eigenvalue weighted by Gasteiger charge is -2.38. The highest BCUT2D eigenvalue weighted by Crippen LogP contribution is 2.31. The maximum absolute atomic E-state index is 13.2. The van der Waals surface area contributed by atoms with Crippen molar-refractivity contribution in [3.63, 3.8) is 0 Å². The normalized spacial score (nSPS) is 21.4. The maximum atomic E-state index is 13.2. The lowest BCUT2D eigenvalue weighted by atomic mass is 9.99. The van der Waals surface area contributed by atoms with E-state index in [0.717, 1.165) is 39.0 Å². The molecule has 5 rings (SSSR count). The molecule has 2 aliphatic heterocycles. The number of ether oxygens (including phenoxy) is 4. The van der Waals surface area contributed by atoms with Gasteiger partial charge in [-0.25, -0.2) is 0 Å². The van der Waals surface area contributed by atoms with E-state index in [1.807, 2.05) is 0 Å². The average Bonchev–Trinajstić information content (AvgIpc) is 3.12. The van der Waals surface area contributed by atoms with E-state index in [4.69, 9.17) is 53.6 Å². The van der Waals surface area contributed by atoms with Gasteiger partial charge in [0.25, 0.3) is 11.8 Å². The zero-order chi connectivity index (χ0) is 35.9. The minimum absolute atomic E-state index is 0.167. The first-order valence-corrected chi connectivity index (χ1v) is 17.2. The van der Waals surface area contributed by atoms with Crippen LogP contribution in [0.3, 0.4) is 0 Å². The van der Waals surface area contributed by atoms with Gasteiger partial charge in [-0.15, -0.1) is 0 Å². The van der Waals surface area contributed by atoms with Crippen LogP contribution in [0.1, 0.15) is 44.7 Å². The lowest BCUT2D eigenvalue weighted by molar-refractivity contribution is 0.00360. The highest BCUT2D eigenvalue weighted by molar-refractivity contribution is 6.34. The Morgan fingerprint density at radius 1 is 0.700 bits per heavy atom. The van der Waals surface area contributed by atoms with Gasteiger partial charge in [0.2, 0.25) is 0 Å². The van der Waals surface area contributed by atoms with Gasteiger partial charge < -0.3 is 41.0 Å². The first kappa shape index (κ1) is 37.5. The summed E-state index contributed by atoms with van der Waals surface area (Å²) >= 11 is 12.4. The molecular weight excluding hydrogens is 683 g/mol. The second kappa shape index (κ2) is 17.0. The van der Waals surface area contributed by atoms with Crippen LogP contribution in [0.2, 0.25) is 10.0 Å². The predicted octanol–water partition coefficient (Wildman–Crippen LogP) is 4.21. The monoisotopic (exact) mass is 728 g/mol. The molecule has 4 atom stereocenters. The average molecular weight is 730 g/mol. The Kier molecular flexibility index (Phi) is 12.7. The van der Waals surface area contributed by atoms with Crippen LogP contribution < -0.4 is 31.6 Å². The number of likely N-dealkylation sites (tertiary alicyclic amines) is 2. The molecule has 0 unspecified atom stereocenters. The Hall–Kier alpha value is -3.78. The summed E-state index contributed by atoms with van der Waals surface area (Å²) in [6, 6.07) is 14.5. The zero-order valence-corrected chi connectivity index (χ0v) is 30.4. The molecule has 6 N–H and O–H groups in total. The number of benzene rings is 3. The number of methoxy groups -OCH3 is 4. The van der Waals surface area contributed by atoms with Crippen LogP contribution in [-0.2, 0) is 22.6 Å².